The van der Waals surface area contributed by atoms with Crippen molar-refractivity contribution in [3.63, 3.8) is 0 Å². The molecule has 0 unspecified atom stereocenters. The van der Waals surface area contributed by atoms with Crippen molar-refractivity contribution < 1.29 is 9.53 Å². The largest absolute Gasteiger partial charge is 0.384 e. The third kappa shape index (κ3) is 4.09. The zero-order valence-corrected chi connectivity index (χ0v) is 18.3. The summed E-state index contributed by atoms with van der Waals surface area (Å²) in [5.74, 6) is 0.766. The first-order chi connectivity index (χ1) is 15.1. The first-order valence-electron chi connectivity index (χ1n) is 10.9. The van der Waals surface area contributed by atoms with Crippen LogP contribution in [0.2, 0.25) is 0 Å². The lowest BCUT2D eigenvalue weighted by molar-refractivity contribution is -0.140. The van der Waals surface area contributed by atoms with Gasteiger partial charge in [0.25, 0.3) is 0 Å². The minimum absolute atomic E-state index is 0.230. The molecule has 0 atom stereocenters. The Labute approximate surface area is 185 Å². The van der Waals surface area contributed by atoms with Gasteiger partial charge in [0.1, 0.15) is 5.82 Å². The minimum Gasteiger partial charge on any atom is -0.384 e. The predicted octanol–water partition coefficient (Wildman–Crippen LogP) is 3.46. The predicted molar refractivity (Wildman–Crippen MR) is 121 cm³/mol. The molecule has 2 N–H and O–H groups in total. The molecule has 5 heterocycles. The number of rotatable bonds is 5. The maximum Gasteiger partial charge on any atom is 0.222 e. The number of nitrogen functional groups attached to an aromatic ring is 1. The van der Waals surface area contributed by atoms with Gasteiger partial charge in [0.2, 0.25) is 5.91 Å². The van der Waals surface area contributed by atoms with Gasteiger partial charge in [-0.25, -0.2) is 4.98 Å². The first-order valence-corrected chi connectivity index (χ1v) is 11.7. The molecule has 0 aromatic carbocycles. The standard InChI is InChI=1S/C23H27N5O2S/c24-21-5-1-4-18(26-21)20-16-17-19(31-20)7-15-30-23(17)8-13-27(14-9-23)22(29)6-2-11-28-12-3-10-25-28/h1,3-5,10,12,16H,2,6-9,11,13-15H2,(H2,24,26). The third-order valence-corrected chi connectivity index (χ3v) is 7.51. The van der Waals surface area contributed by atoms with Crippen LogP contribution in [0.25, 0.3) is 10.6 Å². The van der Waals surface area contributed by atoms with Crippen molar-refractivity contribution in [2.45, 2.75) is 44.2 Å². The number of nitrogens with zero attached hydrogens (tertiary/aromatic N) is 4. The summed E-state index contributed by atoms with van der Waals surface area (Å²) in [5, 5.41) is 4.20. The summed E-state index contributed by atoms with van der Waals surface area (Å²) in [6, 6.07) is 9.90. The smallest absolute Gasteiger partial charge is 0.222 e. The van der Waals surface area contributed by atoms with Gasteiger partial charge in [-0.2, -0.15) is 5.10 Å². The van der Waals surface area contributed by atoms with Gasteiger partial charge in [-0.15, -0.1) is 11.3 Å². The molecular weight excluding hydrogens is 410 g/mol. The molecule has 1 fully saturated rings. The maximum absolute atomic E-state index is 12.7. The Hall–Kier alpha value is -2.71. The van der Waals surface area contributed by atoms with Crippen molar-refractivity contribution >= 4 is 23.1 Å². The second kappa shape index (κ2) is 8.43. The number of hydrogen-bond donors (Lipinski definition) is 1. The molecule has 7 nitrogen and oxygen atoms in total. The molecule has 0 radical (unpaired) electrons. The van der Waals surface area contributed by atoms with E-state index in [-0.39, 0.29) is 11.5 Å². The molecule has 0 aliphatic carbocycles. The second-order valence-electron chi connectivity index (χ2n) is 8.24. The number of piperidine rings is 1. The van der Waals surface area contributed by atoms with Gasteiger partial charge in [-0.1, -0.05) is 6.07 Å². The van der Waals surface area contributed by atoms with Gasteiger partial charge in [0.15, 0.2) is 0 Å². The molecule has 3 aromatic heterocycles. The molecule has 1 saturated heterocycles. The van der Waals surface area contributed by atoms with Crippen molar-refractivity contribution in [1.29, 1.82) is 0 Å². The van der Waals surface area contributed by atoms with Crippen LogP contribution in [0, 0.1) is 0 Å². The van der Waals surface area contributed by atoms with E-state index in [2.05, 4.69) is 16.1 Å². The SMILES string of the molecule is Nc1cccc(-c2cc3c(s2)CCOC32CCN(C(=O)CCCn3cccn3)CC2)n1. The Morgan fingerprint density at radius 3 is 2.90 bits per heavy atom. The minimum atomic E-state index is -0.283. The van der Waals surface area contributed by atoms with Crippen LogP contribution in [0.4, 0.5) is 5.82 Å². The van der Waals surface area contributed by atoms with Crippen LogP contribution in [-0.2, 0) is 28.1 Å². The summed E-state index contributed by atoms with van der Waals surface area (Å²) < 4.78 is 8.25. The normalized spacial score (nSPS) is 17.6. The van der Waals surface area contributed by atoms with E-state index in [1.807, 2.05) is 40.0 Å². The van der Waals surface area contributed by atoms with Crippen molar-refractivity contribution in [1.82, 2.24) is 19.7 Å². The van der Waals surface area contributed by atoms with E-state index < -0.39 is 0 Å². The number of carbonyl (C=O) groups is 1. The monoisotopic (exact) mass is 437 g/mol. The topological polar surface area (TPSA) is 86.3 Å². The lowest BCUT2D eigenvalue weighted by Crippen LogP contribution is -2.48. The number of amides is 1. The van der Waals surface area contributed by atoms with E-state index in [9.17, 15) is 4.79 Å². The second-order valence-corrected chi connectivity index (χ2v) is 9.38. The third-order valence-electron chi connectivity index (χ3n) is 6.29. The van der Waals surface area contributed by atoms with E-state index in [0.29, 0.717) is 12.2 Å². The molecule has 8 heteroatoms. The van der Waals surface area contributed by atoms with Crippen LogP contribution in [0.1, 0.15) is 36.1 Å². The van der Waals surface area contributed by atoms with E-state index in [4.69, 9.17) is 10.5 Å². The van der Waals surface area contributed by atoms with Gasteiger partial charge in [-0.05, 0) is 49.1 Å². The number of likely N-dealkylation sites (tertiary alicyclic amines) is 1. The number of anilines is 1. The fraction of sp³-hybridized carbons (Fsp3) is 0.435. The fourth-order valence-electron chi connectivity index (χ4n) is 4.65. The number of aryl methyl sites for hydroxylation is 1. The summed E-state index contributed by atoms with van der Waals surface area (Å²) in [7, 11) is 0. The maximum atomic E-state index is 12.7. The number of ether oxygens (including phenoxy) is 1. The van der Waals surface area contributed by atoms with Gasteiger partial charge in [-0.3, -0.25) is 9.48 Å². The highest BCUT2D eigenvalue weighted by Crippen LogP contribution is 2.46. The Morgan fingerprint density at radius 1 is 1.26 bits per heavy atom. The van der Waals surface area contributed by atoms with Crippen molar-refractivity contribution in [3.05, 3.63) is 53.2 Å². The number of carbonyl (C=O) groups excluding carboxylic acids is 1. The molecule has 3 aromatic rings. The molecule has 2 aliphatic heterocycles. The highest BCUT2D eigenvalue weighted by Gasteiger charge is 2.42. The van der Waals surface area contributed by atoms with Gasteiger partial charge < -0.3 is 15.4 Å². The van der Waals surface area contributed by atoms with Crippen LogP contribution in [-0.4, -0.2) is 45.3 Å². The average Bonchev–Trinajstić information content (AvgIpc) is 3.45. The summed E-state index contributed by atoms with van der Waals surface area (Å²) in [4.78, 5) is 21.7. The molecule has 0 bridgehead atoms. The lowest BCUT2D eigenvalue weighted by atomic mass is 9.82. The van der Waals surface area contributed by atoms with Crippen LogP contribution in [0.3, 0.4) is 0 Å². The van der Waals surface area contributed by atoms with Crippen molar-refractivity contribution in [2.75, 3.05) is 25.4 Å². The van der Waals surface area contributed by atoms with E-state index in [0.717, 1.165) is 62.5 Å². The molecule has 162 valence electrons. The van der Waals surface area contributed by atoms with E-state index in [1.54, 1.807) is 17.5 Å². The summed E-state index contributed by atoms with van der Waals surface area (Å²) in [6.45, 7) is 2.98. The van der Waals surface area contributed by atoms with Gasteiger partial charge in [0, 0.05) is 49.7 Å². The summed E-state index contributed by atoms with van der Waals surface area (Å²) in [5.41, 5.74) is 7.81. The number of aromatic nitrogens is 3. The van der Waals surface area contributed by atoms with Crippen LogP contribution < -0.4 is 5.73 Å². The number of thiophene rings is 1. The molecule has 1 amide bonds. The van der Waals surface area contributed by atoms with Crippen molar-refractivity contribution in [3.8, 4) is 10.6 Å². The zero-order chi connectivity index (χ0) is 21.3. The highest BCUT2D eigenvalue weighted by atomic mass is 32.1. The van der Waals surface area contributed by atoms with Crippen LogP contribution in [0.15, 0.2) is 42.7 Å². The van der Waals surface area contributed by atoms with Crippen LogP contribution >= 0.6 is 11.3 Å². The number of pyridine rings is 1. The van der Waals surface area contributed by atoms with E-state index in [1.165, 1.54) is 10.4 Å². The number of hydrogen-bond acceptors (Lipinski definition) is 6. The quantitative estimate of drug-likeness (QED) is 0.661. The Kier molecular flexibility index (Phi) is 5.50. The highest BCUT2D eigenvalue weighted by molar-refractivity contribution is 7.15. The Morgan fingerprint density at radius 2 is 2.13 bits per heavy atom. The summed E-state index contributed by atoms with van der Waals surface area (Å²) >= 11 is 1.79. The van der Waals surface area contributed by atoms with Crippen molar-refractivity contribution in [2.24, 2.45) is 0 Å². The molecule has 5 rings (SSSR count). The van der Waals surface area contributed by atoms with E-state index >= 15 is 0 Å². The Balaban J connectivity index is 1.25. The first kappa shape index (κ1) is 20.2. The number of nitrogens with two attached hydrogens (primary N) is 1. The summed E-state index contributed by atoms with van der Waals surface area (Å²) in [6.07, 6.45) is 7.67. The Bertz CT molecular complexity index is 1050. The molecule has 2 aliphatic rings. The number of fused-ring (bicyclic) bond motifs is 2. The fourth-order valence-corrected chi connectivity index (χ4v) is 5.85. The molecule has 1 spiro atoms. The van der Waals surface area contributed by atoms with Crippen LogP contribution in [0.5, 0.6) is 0 Å². The molecular formula is C23H27N5O2S. The van der Waals surface area contributed by atoms with Gasteiger partial charge >= 0.3 is 0 Å². The molecule has 0 saturated carbocycles. The lowest BCUT2D eigenvalue weighted by Gasteiger charge is -2.44. The molecule has 31 heavy (non-hydrogen) atoms. The average molecular weight is 438 g/mol. The zero-order valence-electron chi connectivity index (χ0n) is 17.5. The van der Waals surface area contributed by atoms with Gasteiger partial charge in [0.05, 0.1) is 22.8 Å².